The number of amides is 1. The van der Waals surface area contributed by atoms with Crippen molar-refractivity contribution in [3.05, 3.63) is 131 Å². The number of ether oxygens (including phenoxy) is 1. The van der Waals surface area contributed by atoms with E-state index >= 15 is 0 Å². The van der Waals surface area contributed by atoms with Crippen molar-refractivity contribution in [2.24, 2.45) is 0 Å². The monoisotopic (exact) mass is 457 g/mol. The second-order valence-corrected chi connectivity index (χ2v) is 8.00. The van der Waals surface area contributed by atoms with Crippen LogP contribution < -0.4 is 9.64 Å². The first-order valence-electron chi connectivity index (χ1n) is 11.1. The number of hydrogen-bond acceptors (Lipinski definition) is 2. The molecular weight excluding hydrogens is 432 g/mol. The van der Waals surface area contributed by atoms with Gasteiger partial charge in [-0.15, -0.1) is 0 Å². The van der Waals surface area contributed by atoms with E-state index in [9.17, 15) is 13.6 Å². The van der Waals surface area contributed by atoms with Gasteiger partial charge in [0.2, 0.25) is 5.91 Å². The van der Waals surface area contributed by atoms with Crippen LogP contribution in [0.3, 0.4) is 0 Å². The lowest BCUT2D eigenvalue weighted by Crippen LogP contribution is -2.34. The zero-order chi connectivity index (χ0) is 23.8. The molecule has 4 aromatic rings. The summed E-state index contributed by atoms with van der Waals surface area (Å²) in [6.45, 7) is 0.900. The molecule has 0 radical (unpaired) electrons. The van der Waals surface area contributed by atoms with Gasteiger partial charge in [0.05, 0.1) is 6.42 Å². The predicted octanol–water partition coefficient (Wildman–Crippen LogP) is 6.36. The minimum Gasteiger partial charge on any atom is -0.489 e. The Labute approximate surface area is 198 Å². The minimum atomic E-state index is -0.381. The SMILES string of the molecule is O=C(Cc1cccc(F)c1)N(CCc1ccc(OCc2ccccc2)cc1)c1ccc(F)cc1. The summed E-state index contributed by atoms with van der Waals surface area (Å²) in [5, 5.41) is 0. The van der Waals surface area contributed by atoms with Crippen LogP contribution in [0, 0.1) is 11.6 Å². The van der Waals surface area contributed by atoms with Crippen molar-refractivity contribution < 1.29 is 18.3 Å². The van der Waals surface area contributed by atoms with Gasteiger partial charge in [0, 0.05) is 12.2 Å². The Morgan fingerprint density at radius 2 is 1.41 bits per heavy atom. The van der Waals surface area contributed by atoms with Crippen LogP contribution in [0.5, 0.6) is 5.75 Å². The van der Waals surface area contributed by atoms with Crippen molar-refractivity contribution in [2.45, 2.75) is 19.4 Å². The first-order valence-corrected chi connectivity index (χ1v) is 11.1. The first-order chi connectivity index (χ1) is 16.6. The standard InChI is InChI=1S/C29H25F2NO2/c30-25-11-13-27(14-12-25)32(29(33)20-24-7-4-8-26(31)19-24)18-17-22-9-15-28(16-10-22)34-21-23-5-2-1-3-6-23/h1-16,19H,17-18,20-21H2. The molecule has 0 atom stereocenters. The van der Waals surface area contributed by atoms with Gasteiger partial charge in [-0.25, -0.2) is 8.78 Å². The number of hydrogen-bond donors (Lipinski definition) is 0. The van der Waals surface area contributed by atoms with E-state index in [1.165, 1.54) is 24.3 Å². The van der Waals surface area contributed by atoms with E-state index in [1.54, 1.807) is 29.2 Å². The highest BCUT2D eigenvalue weighted by atomic mass is 19.1. The molecule has 0 heterocycles. The van der Waals surface area contributed by atoms with E-state index in [0.29, 0.717) is 30.8 Å². The van der Waals surface area contributed by atoms with Gasteiger partial charge < -0.3 is 9.64 Å². The molecule has 34 heavy (non-hydrogen) atoms. The van der Waals surface area contributed by atoms with Gasteiger partial charge in [0.25, 0.3) is 0 Å². The number of carbonyl (C=O) groups is 1. The van der Waals surface area contributed by atoms with E-state index < -0.39 is 0 Å². The summed E-state index contributed by atoms with van der Waals surface area (Å²) >= 11 is 0. The predicted molar refractivity (Wildman–Crippen MR) is 130 cm³/mol. The van der Waals surface area contributed by atoms with Crippen LogP contribution in [-0.2, 0) is 24.2 Å². The molecular formula is C29H25F2NO2. The molecule has 0 aliphatic carbocycles. The fourth-order valence-electron chi connectivity index (χ4n) is 3.67. The maximum absolute atomic E-state index is 13.6. The molecule has 0 bridgehead atoms. The number of halogens is 2. The van der Waals surface area contributed by atoms with Crippen LogP contribution in [0.25, 0.3) is 0 Å². The fourth-order valence-corrected chi connectivity index (χ4v) is 3.67. The van der Waals surface area contributed by atoms with E-state index in [-0.39, 0.29) is 24.0 Å². The van der Waals surface area contributed by atoms with Crippen molar-refractivity contribution in [1.82, 2.24) is 0 Å². The van der Waals surface area contributed by atoms with E-state index in [1.807, 2.05) is 54.6 Å². The zero-order valence-corrected chi connectivity index (χ0v) is 18.7. The van der Waals surface area contributed by atoms with Gasteiger partial charge >= 0.3 is 0 Å². The third-order valence-electron chi connectivity index (χ3n) is 5.48. The molecule has 0 aliphatic rings. The molecule has 0 fully saturated rings. The molecule has 0 saturated carbocycles. The number of benzene rings is 4. The molecule has 4 rings (SSSR count). The molecule has 0 spiro atoms. The molecule has 4 aromatic carbocycles. The van der Waals surface area contributed by atoms with Crippen LogP contribution in [0.1, 0.15) is 16.7 Å². The fraction of sp³-hybridized carbons (Fsp3) is 0.138. The molecule has 1 amide bonds. The Morgan fingerprint density at radius 3 is 2.12 bits per heavy atom. The van der Waals surface area contributed by atoms with Crippen LogP contribution in [0.4, 0.5) is 14.5 Å². The Bertz CT molecular complexity index is 1210. The largest absolute Gasteiger partial charge is 0.489 e. The third-order valence-corrected chi connectivity index (χ3v) is 5.48. The molecule has 0 saturated heterocycles. The Morgan fingerprint density at radius 1 is 0.706 bits per heavy atom. The van der Waals surface area contributed by atoms with Gasteiger partial charge in [-0.05, 0) is 71.6 Å². The van der Waals surface area contributed by atoms with Crippen LogP contribution in [0.2, 0.25) is 0 Å². The highest BCUT2D eigenvalue weighted by Gasteiger charge is 2.17. The van der Waals surface area contributed by atoms with Crippen molar-refractivity contribution in [3.63, 3.8) is 0 Å². The van der Waals surface area contributed by atoms with Gasteiger partial charge in [0.1, 0.15) is 24.0 Å². The second kappa shape index (κ2) is 11.2. The molecule has 0 aromatic heterocycles. The molecule has 172 valence electrons. The average Bonchev–Trinajstić information content (AvgIpc) is 2.85. The summed E-state index contributed by atoms with van der Waals surface area (Å²) in [6, 6.07) is 29.5. The van der Waals surface area contributed by atoms with Crippen LogP contribution >= 0.6 is 0 Å². The second-order valence-electron chi connectivity index (χ2n) is 8.00. The van der Waals surface area contributed by atoms with Gasteiger partial charge in [-0.1, -0.05) is 54.6 Å². The molecule has 0 N–H and O–H groups in total. The maximum atomic E-state index is 13.6. The van der Waals surface area contributed by atoms with E-state index in [0.717, 1.165) is 16.9 Å². The molecule has 3 nitrogen and oxygen atoms in total. The summed E-state index contributed by atoms with van der Waals surface area (Å²) in [7, 11) is 0. The highest BCUT2D eigenvalue weighted by Crippen LogP contribution is 2.19. The van der Waals surface area contributed by atoms with E-state index in [4.69, 9.17) is 4.74 Å². The van der Waals surface area contributed by atoms with Crippen molar-refractivity contribution in [3.8, 4) is 5.75 Å². The van der Waals surface area contributed by atoms with Crippen molar-refractivity contribution in [1.29, 1.82) is 0 Å². The number of carbonyl (C=O) groups excluding carboxylic acids is 1. The zero-order valence-electron chi connectivity index (χ0n) is 18.7. The number of nitrogens with zero attached hydrogens (tertiary/aromatic N) is 1. The summed E-state index contributed by atoms with van der Waals surface area (Å²) in [5.41, 5.74) is 3.33. The Kier molecular flexibility index (Phi) is 7.66. The molecule has 0 unspecified atom stereocenters. The lowest BCUT2D eigenvalue weighted by molar-refractivity contribution is -0.118. The lowest BCUT2D eigenvalue weighted by Gasteiger charge is -2.23. The van der Waals surface area contributed by atoms with Crippen molar-refractivity contribution >= 4 is 11.6 Å². The van der Waals surface area contributed by atoms with Gasteiger partial charge in [-0.2, -0.15) is 0 Å². The van der Waals surface area contributed by atoms with E-state index in [2.05, 4.69) is 0 Å². The lowest BCUT2D eigenvalue weighted by atomic mass is 10.1. The number of rotatable bonds is 9. The third kappa shape index (κ3) is 6.51. The minimum absolute atomic E-state index is 0.0569. The molecule has 5 heteroatoms. The summed E-state index contributed by atoms with van der Waals surface area (Å²) in [5.74, 6) is -0.161. The Hall–Kier alpha value is -3.99. The maximum Gasteiger partial charge on any atom is 0.231 e. The van der Waals surface area contributed by atoms with Gasteiger partial charge in [-0.3, -0.25) is 4.79 Å². The van der Waals surface area contributed by atoms with Gasteiger partial charge in [0.15, 0.2) is 0 Å². The quantitative estimate of drug-likeness (QED) is 0.293. The van der Waals surface area contributed by atoms with Crippen molar-refractivity contribution in [2.75, 3.05) is 11.4 Å². The highest BCUT2D eigenvalue weighted by molar-refractivity contribution is 5.94. The molecule has 0 aliphatic heterocycles. The smallest absolute Gasteiger partial charge is 0.231 e. The summed E-state index contributed by atoms with van der Waals surface area (Å²) in [4.78, 5) is 14.7. The van der Waals surface area contributed by atoms with Crippen LogP contribution in [-0.4, -0.2) is 12.5 Å². The Balaban J connectivity index is 1.41. The van der Waals surface area contributed by atoms with Crippen LogP contribution in [0.15, 0.2) is 103 Å². The number of anilines is 1. The topological polar surface area (TPSA) is 29.5 Å². The normalized spacial score (nSPS) is 10.6. The first kappa shape index (κ1) is 23.2. The summed E-state index contributed by atoms with van der Waals surface area (Å²) in [6.07, 6.45) is 0.659. The average molecular weight is 458 g/mol. The summed E-state index contributed by atoms with van der Waals surface area (Å²) < 4.78 is 32.8.